The van der Waals surface area contributed by atoms with E-state index >= 15 is 0 Å². The van der Waals surface area contributed by atoms with Crippen molar-refractivity contribution in [3.05, 3.63) is 30.0 Å². The minimum Gasteiger partial charge on any atom is -0.372 e. The Morgan fingerprint density at radius 3 is 3.11 bits per heavy atom. The molecule has 0 aliphatic carbocycles. The van der Waals surface area contributed by atoms with Crippen LogP contribution in [0.5, 0.6) is 0 Å². The average Bonchev–Trinajstić information content (AvgIpc) is 2.77. The van der Waals surface area contributed by atoms with Crippen molar-refractivity contribution in [3.8, 4) is 11.4 Å². The number of carbonyl (C=O) groups excluding carboxylic acids is 1. The molecule has 2 aromatic rings. The van der Waals surface area contributed by atoms with Crippen molar-refractivity contribution in [2.75, 3.05) is 17.7 Å². The summed E-state index contributed by atoms with van der Waals surface area (Å²) in [4.78, 5) is 15.6. The van der Waals surface area contributed by atoms with Gasteiger partial charge in [-0.1, -0.05) is 0 Å². The summed E-state index contributed by atoms with van der Waals surface area (Å²) in [6.07, 6.45) is 1.96. The highest BCUT2D eigenvalue weighted by Gasteiger charge is 2.18. The van der Waals surface area contributed by atoms with Crippen LogP contribution in [0.1, 0.15) is 5.56 Å². The number of amides is 1. The zero-order valence-corrected chi connectivity index (χ0v) is 9.77. The van der Waals surface area contributed by atoms with Gasteiger partial charge in [-0.3, -0.25) is 4.79 Å². The van der Waals surface area contributed by atoms with Gasteiger partial charge in [-0.25, -0.2) is 4.98 Å². The van der Waals surface area contributed by atoms with Crippen LogP contribution < -0.4 is 10.6 Å². The number of rotatable bonds is 2. The van der Waals surface area contributed by atoms with E-state index in [2.05, 4.69) is 25.8 Å². The molecule has 2 N–H and O–H groups in total. The van der Waals surface area contributed by atoms with E-state index in [0.29, 0.717) is 18.1 Å². The number of aromatic nitrogens is 3. The zero-order valence-electron chi connectivity index (χ0n) is 9.77. The van der Waals surface area contributed by atoms with Crippen LogP contribution in [0.3, 0.4) is 0 Å². The van der Waals surface area contributed by atoms with Crippen molar-refractivity contribution in [3.63, 3.8) is 0 Å². The molecule has 0 saturated carbocycles. The molecule has 1 aromatic heterocycles. The van der Waals surface area contributed by atoms with Gasteiger partial charge in [0.2, 0.25) is 5.91 Å². The molecule has 0 saturated heterocycles. The fourth-order valence-electron chi connectivity index (χ4n) is 1.91. The first-order chi connectivity index (χ1) is 8.76. The number of nitrogens with zero attached hydrogens (tertiary/aromatic N) is 3. The molecule has 2 heterocycles. The molecular weight excluding hydrogens is 230 g/mol. The molecule has 3 rings (SSSR count). The Hall–Kier alpha value is -2.50. The quantitative estimate of drug-likeness (QED) is 0.822. The molecule has 0 atom stereocenters. The first-order valence-corrected chi connectivity index (χ1v) is 5.57. The van der Waals surface area contributed by atoms with Gasteiger partial charge >= 0.3 is 0 Å². The lowest BCUT2D eigenvalue weighted by Gasteiger charge is -2.04. The smallest absolute Gasteiger partial charge is 0.228 e. The Labute approximate surface area is 103 Å². The van der Waals surface area contributed by atoms with Gasteiger partial charge in [0.1, 0.15) is 5.82 Å². The third-order valence-corrected chi connectivity index (χ3v) is 2.80. The Kier molecular flexibility index (Phi) is 2.40. The fourth-order valence-corrected chi connectivity index (χ4v) is 1.91. The van der Waals surface area contributed by atoms with E-state index in [1.807, 2.05) is 18.2 Å². The highest BCUT2D eigenvalue weighted by Crippen LogP contribution is 2.27. The number of nitrogens with one attached hydrogen (secondary N) is 2. The molecule has 90 valence electrons. The van der Waals surface area contributed by atoms with Gasteiger partial charge in [0.05, 0.1) is 12.6 Å². The maximum Gasteiger partial charge on any atom is 0.228 e. The van der Waals surface area contributed by atoms with E-state index < -0.39 is 0 Å². The Bertz CT molecular complexity index is 626. The molecule has 0 fully saturated rings. The standard InChI is InChI=1S/C12H11N5O/c1-13-10-6-14-17-12(16-10)7-2-3-9-8(4-7)5-11(18)15-9/h2-4,6H,5H2,1H3,(H,15,18)(H,13,16,17). The molecule has 6 heteroatoms. The lowest BCUT2D eigenvalue weighted by Crippen LogP contribution is -2.03. The summed E-state index contributed by atoms with van der Waals surface area (Å²) in [6.45, 7) is 0. The maximum atomic E-state index is 11.3. The second-order valence-electron chi connectivity index (χ2n) is 4.01. The van der Waals surface area contributed by atoms with Crippen LogP contribution in [0.25, 0.3) is 11.4 Å². The van der Waals surface area contributed by atoms with E-state index in [9.17, 15) is 4.79 Å². The number of benzene rings is 1. The second-order valence-corrected chi connectivity index (χ2v) is 4.01. The van der Waals surface area contributed by atoms with E-state index in [1.54, 1.807) is 13.2 Å². The third kappa shape index (κ3) is 1.77. The van der Waals surface area contributed by atoms with Crippen molar-refractivity contribution >= 4 is 17.4 Å². The van der Waals surface area contributed by atoms with Gasteiger partial charge in [0.15, 0.2) is 5.82 Å². The summed E-state index contributed by atoms with van der Waals surface area (Å²) in [5.41, 5.74) is 2.69. The summed E-state index contributed by atoms with van der Waals surface area (Å²) in [6, 6.07) is 5.66. The minimum atomic E-state index is 0.0187. The van der Waals surface area contributed by atoms with E-state index in [4.69, 9.17) is 0 Å². The number of hydrogen-bond donors (Lipinski definition) is 2. The topological polar surface area (TPSA) is 79.8 Å². The first kappa shape index (κ1) is 10.6. The summed E-state index contributed by atoms with van der Waals surface area (Å²) < 4.78 is 0. The molecule has 0 spiro atoms. The minimum absolute atomic E-state index is 0.0187. The monoisotopic (exact) mass is 241 g/mol. The SMILES string of the molecule is CNc1cnnc(-c2ccc3c(c2)CC(=O)N3)n1. The summed E-state index contributed by atoms with van der Waals surface area (Å²) in [5.74, 6) is 1.23. The lowest BCUT2D eigenvalue weighted by molar-refractivity contribution is -0.115. The van der Waals surface area contributed by atoms with E-state index in [-0.39, 0.29) is 5.91 Å². The molecule has 1 aromatic carbocycles. The van der Waals surface area contributed by atoms with Gasteiger partial charge in [0, 0.05) is 18.3 Å². The highest BCUT2D eigenvalue weighted by molar-refractivity contribution is 5.99. The number of fused-ring (bicyclic) bond motifs is 1. The predicted molar refractivity (Wildman–Crippen MR) is 67.1 cm³/mol. The lowest BCUT2D eigenvalue weighted by atomic mass is 10.1. The number of hydrogen-bond acceptors (Lipinski definition) is 5. The normalized spacial score (nSPS) is 13.1. The maximum absolute atomic E-state index is 11.3. The van der Waals surface area contributed by atoms with Crippen LogP contribution in [0.2, 0.25) is 0 Å². The van der Waals surface area contributed by atoms with Crippen LogP contribution in [0.4, 0.5) is 11.5 Å². The summed E-state index contributed by atoms with van der Waals surface area (Å²) in [5, 5.41) is 13.6. The molecule has 0 radical (unpaired) electrons. The van der Waals surface area contributed by atoms with Gasteiger partial charge in [-0.15, -0.1) is 5.10 Å². The molecular formula is C12H11N5O. The van der Waals surface area contributed by atoms with Gasteiger partial charge in [0.25, 0.3) is 0 Å². The second kappa shape index (κ2) is 4.06. The molecule has 0 bridgehead atoms. The molecule has 18 heavy (non-hydrogen) atoms. The average molecular weight is 241 g/mol. The van der Waals surface area contributed by atoms with Gasteiger partial charge in [-0.05, 0) is 23.8 Å². The van der Waals surface area contributed by atoms with Crippen molar-refractivity contribution in [2.24, 2.45) is 0 Å². The third-order valence-electron chi connectivity index (χ3n) is 2.80. The molecule has 0 unspecified atom stereocenters. The van der Waals surface area contributed by atoms with Crippen molar-refractivity contribution < 1.29 is 4.79 Å². The molecule has 1 aliphatic rings. The van der Waals surface area contributed by atoms with Crippen LogP contribution in [-0.4, -0.2) is 28.1 Å². The summed E-state index contributed by atoms with van der Waals surface area (Å²) in [7, 11) is 1.78. The van der Waals surface area contributed by atoms with Crippen molar-refractivity contribution in [1.82, 2.24) is 15.2 Å². The van der Waals surface area contributed by atoms with Crippen LogP contribution in [0, 0.1) is 0 Å². The molecule has 1 amide bonds. The predicted octanol–water partition coefficient (Wildman–Crippen LogP) is 1.07. The van der Waals surface area contributed by atoms with Crippen molar-refractivity contribution in [1.29, 1.82) is 0 Å². The largest absolute Gasteiger partial charge is 0.372 e. The Morgan fingerprint density at radius 1 is 1.39 bits per heavy atom. The first-order valence-electron chi connectivity index (χ1n) is 5.57. The highest BCUT2D eigenvalue weighted by atomic mass is 16.1. The summed E-state index contributed by atoms with van der Waals surface area (Å²) >= 11 is 0. The number of carbonyl (C=O) groups is 1. The van der Waals surface area contributed by atoms with Gasteiger partial charge in [-0.2, -0.15) is 5.10 Å². The van der Waals surface area contributed by atoms with Crippen molar-refractivity contribution in [2.45, 2.75) is 6.42 Å². The van der Waals surface area contributed by atoms with Crippen LogP contribution in [-0.2, 0) is 11.2 Å². The van der Waals surface area contributed by atoms with Gasteiger partial charge < -0.3 is 10.6 Å². The Balaban J connectivity index is 2.02. The van der Waals surface area contributed by atoms with E-state index in [0.717, 1.165) is 16.8 Å². The molecule has 6 nitrogen and oxygen atoms in total. The molecule has 1 aliphatic heterocycles. The number of anilines is 2. The Morgan fingerprint density at radius 2 is 2.28 bits per heavy atom. The fraction of sp³-hybridized carbons (Fsp3) is 0.167. The van der Waals surface area contributed by atoms with Crippen LogP contribution in [0.15, 0.2) is 24.4 Å². The van der Waals surface area contributed by atoms with E-state index in [1.165, 1.54) is 0 Å². The zero-order chi connectivity index (χ0) is 12.5. The van der Waals surface area contributed by atoms with Crippen LogP contribution >= 0.6 is 0 Å².